The SMILES string of the molecule is CC(C)(C)CNCC1CCCc2ccccc21. The molecule has 0 bridgehead atoms. The number of aryl methyl sites for hydroxylation is 1. The zero-order valence-corrected chi connectivity index (χ0v) is 11.4. The van der Waals surface area contributed by atoms with E-state index in [1.807, 2.05) is 0 Å². The normalized spacial score (nSPS) is 20.1. The molecular formula is C16H25N. The van der Waals surface area contributed by atoms with Crippen molar-refractivity contribution >= 4 is 0 Å². The predicted octanol–water partition coefficient (Wildman–Crippen LogP) is 3.74. The van der Waals surface area contributed by atoms with E-state index in [0.717, 1.165) is 19.0 Å². The first-order chi connectivity index (χ1) is 8.06. The van der Waals surface area contributed by atoms with Crippen molar-refractivity contribution in [3.8, 4) is 0 Å². The second kappa shape index (κ2) is 5.22. The van der Waals surface area contributed by atoms with Gasteiger partial charge in [-0.3, -0.25) is 0 Å². The fourth-order valence-corrected chi connectivity index (χ4v) is 2.69. The first-order valence-corrected chi connectivity index (χ1v) is 6.85. The number of hydrogen-bond donors (Lipinski definition) is 1. The van der Waals surface area contributed by atoms with Crippen molar-refractivity contribution in [1.82, 2.24) is 5.32 Å². The quantitative estimate of drug-likeness (QED) is 0.835. The minimum absolute atomic E-state index is 0.383. The van der Waals surface area contributed by atoms with Crippen LogP contribution in [0.4, 0.5) is 0 Å². The molecule has 0 saturated heterocycles. The van der Waals surface area contributed by atoms with E-state index in [2.05, 4.69) is 50.4 Å². The lowest BCUT2D eigenvalue weighted by atomic mass is 9.82. The Hall–Kier alpha value is -0.820. The Balaban J connectivity index is 1.95. The molecule has 1 aromatic rings. The molecule has 0 saturated carbocycles. The van der Waals surface area contributed by atoms with E-state index in [4.69, 9.17) is 0 Å². The Morgan fingerprint density at radius 2 is 2.00 bits per heavy atom. The number of nitrogens with one attached hydrogen (secondary N) is 1. The average Bonchev–Trinajstić information content (AvgIpc) is 2.28. The van der Waals surface area contributed by atoms with Gasteiger partial charge in [0.05, 0.1) is 0 Å². The van der Waals surface area contributed by atoms with Gasteiger partial charge in [0, 0.05) is 13.1 Å². The zero-order chi connectivity index (χ0) is 12.3. The van der Waals surface area contributed by atoms with Gasteiger partial charge in [-0.15, -0.1) is 0 Å². The third kappa shape index (κ3) is 3.57. The van der Waals surface area contributed by atoms with Crippen molar-refractivity contribution in [2.45, 2.75) is 46.0 Å². The first kappa shape index (κ1) is 12.6. The average molecular weight is 231 g/mol. The topological polar surface area (TPSA) is 12.0 Å². The molecule has 1 nitrogen and oxygen atoms in total. The highest BCUT2D eigenvalue weighted by molar-refractivity contribution is 5.32. The van der Waals surface area contributed by atoms with Crippen molar-refractivity contribution in [1.29, 1.82) is 0 Å². The van der Waals surface area contributed by atoms with Gasteiger partial charge in [0.1, 0.15) is 0 Å². The lowest BCUT2D eigenvalue weighted by molar-refractivity contribution is 0.367. The van der Waals surface area contributed by atoms with Crippen LogP contribution in [0.25, 0.3) is 0 Å². The number of fused-ring (bicyclic) bond motifs is 1. The van der Waals surface area contributed by atoms with Gasteiger partial charge in [0.25, 0.3) is 0 Å². The Labute approximate surface area is 106 Å². The van der Waals surface area contributed by atoms with Crippen LogP contribution in [0.3, 0.4) is 0 Å². The second-order valence-electron chi connectivity index (χ2n) is 6.48. The molecule has 94 valence electrons. The van der Waals surface area contributed by atoms with Gasteiger partial charge in [-0.2, -0.15) is 0 Å². The minimum Gasteiger partial charge on any atom is -0.316 e. The fourth-order valence-electron chi connectivity index (χ4n) is 2.69. The summed E-state index contributed by atoms with van der Waals surface area (Å²) in [6.07, 6.45) is 3.96. The maximum Gasteiger partial charge on any atom is 0.00204 e. The minimum atomic E-state index is 0.383. The molecule has 1 aliphatic carbocycles. The first-order valence-electron chi connectivity index (χ1n) is 6.85. The number of rotatable bonds is 3. The van der Waals surface area contributed by atoms with Crippen molar-refractivity contribution in [2.75, 3.05) is 13.1 Å². The maximum absolute atomic E-state index is 3.64. The monoisotopic (exact) mass is 231 g/mol. The third-order valence-corrected chi connectivity index (χ3v) is 3.54. The van der Waals surface area contributed by atoms with Gasteiger partial charge < -0.3 is 5.32 Å². The van der Waals surface area contributed by atoms with Crippen molar-refractivity contribution in [2.24, 2.45) is 5.41 Å². The van der Waals surface area contributed by atoms with Crippen LogP contribution in [-0.2, 0) is 6.42 Å². The van der Waals surface area contributed by atoms with Gasteiger partial charge >= 0.3 is 0 Å². The predicted molar refractivity (Wildman–Crippen MR) is 74.4 cm³/mol. The van der Waals surface area contributed by atoms with Crippen LogP contribution >= 0.6 is 0 Å². The van der Waals surface area contributed by atoms with E-state index in [0.29, 0.717) is 5.41 Å². The van der Waals surface area contributed by atoms with Crippen molar-refractivity contribution in [3.63, 3.8) is 0 Å². The molecule has 0 aromatic heterocycles. The molecule has 1 unspecified atom stereocenters. The van der Waals surface area contributed by atoms with Crippen LogP contribution in [-0.4, -0.2) is 13.1 Å². The molecule has 0 fully saturated rings. The molecule has 1 N–H and O–H groups in total. The standard InChI is InChI=1S/C16H25N/c1-16(2,3)12-17-11-14-9-6-8-13-7-4-5-10-15(13)14/h4-5,7,10,14,17H,6,8-9,11-12H2,1-3H3. The summed E-state index contributed by atoms with van der Waals surface area (Å²) in [7, 11) is 0. The van der Waals surface area contributed by atoms with Crippen LogP contribution in [0, 0.1) is 5.41 Å². The summed E-state index contributed by atoms with van der Waals surface area (Å²) in [4.78, 5) is 0. The molecule has 1 aliphatic rings. The van der Waals surface area contributed by atoms with Crippen LogP contribution in [0.1, 0.15) is 50.7 Å². The molecule has 1 heteroatoms. The Bertz CT molecular complexity index is 362. The number of benzene rings is 1. The van der Waals surface area contributed by atoms with Crippen molar-refractivity contribution < 1.29 is 0 Å². The van der Waals surface area contributed by atoms with Gasteiger partial charge in [-0.1, -0.05) is 45.0 Å². The highest BCUT2D eigenvalue weighted by Crippen LogP contribution is 2.30. The summed E-state index contributed by atoms with van der Waals surface area (Å²) in [5.41, 5.74) is 3.54. The molecular weight excluding hydrogens is 206 g/mol. The Morgan fingerprint density at radius 1 is 1.24 bits per heavy atom. The lowest BCUT2D eigenvalue weighted by Crippen LogP contribution is -2.31. The smallest absolute Gasteiger partial charge is 0.00204 e. The molecule has 1 aromatic carbocycles. The molecule has 0 heterocycles. The molecule has 2 rings (SSSR count). The number of hydrogen-bond acceptors (Lipinski definition) is 1. The van der Waals surface area contributed by atoms with Gasteiger partial charge in [0.2, 0.25) is 0 Å². The highest BCUT2D eigenvalue weighted by Gasteiger charge is 2.20. The second-order valence-corrected chi connectivity index (χ2v) is 6.48. The van der Waals surface area contributed by atoms with Gasteiger partial charge in [0.15, 0.2) is 0 Å². The summed E-state index contributed by atoms with van der Waals surface area (Å²) in [5.74, 6) is 0.724. The summed E-state index contributed by atoms with van der Waals surface area (Å²) in [5, 5.41) is 3.64. The van der Waals surface area contributed by atoms with E-state index >= 15 is 0 Å². The lowest BCUT2D eigenvalue weighted by Gasteiger charge is -2.27. The van der Waals surface area contributed by atoms with Crippen molar-refractivity contribution in [3.05, 3.63) is 35.4 Å². The molecule has 0 amide bonds. The van der Waals surface area contributed by atoms with Crippen LogP contribution < -0.4 is 5.32 Å². The summed E-state index contributed by atoms with van der Waals surface area (Å²) in [6, 6.07) is 8.97. The highest BCUT2D eigenvalue weighted by atomic mass is 14.9. The van der Waals surface area contributed by atoms with Crippen LogP contribution in [0.15, 0.2) is 24.3 Å². The van der Waals surface area contributed by atoms with E-state index in [1.54, 1.807) is 11.1 Å². The van der Waals surface area contributed by atoms with Gasteiger partial charge in [-0.25, -0.2) is 0 Å². The third-order valence-electron chi connectivity index (χ3n) is 3.54. The maximum atomic E-state index is 3.64. The van der Waals surface area contributed by atoms with E-state index in [-0.39, 0.29) is 0 Å². The fraction of sp³-hybridized carbons (Fsp3) is 0.625. The summed E-state index contributed by atoms with van der Waals surface area (Å²) < 4.78 is 0. The zero-order valence-electron chi connectivity index (χ0n) is 11.4. The van der Waals surface area contributed by atoms with E-state index in [1.165, 1.54) is 19.3 Å². The Kier molecular flexibility index (Phi) is 3.88. The van der Waals surface area contributed by atoms with Gasteiger partial charge in [-0.05, 0) is 41.7 Å². The van der Waals surface area contributed by atoms with E-state index < -0.39 is 0 Å². The molecule has 0 radical (unpaired) electrons. The Morgan fingerprint density at radius 3 is 2.76 bits per heavy atom. The van der Waals surface area contributed by atoms with E-state index in [9.17, 15) is 0 Å². The summed E-state index contributed by atoms with van der Waals surface area (Å²) in [6.45, 7) is 9.10. The molecule has 0 aliphatic heterocycles. The van der Waals surface area contributed by atoms with Crippen LogP contribution in [0.2, 0.25) is 0 Å². The molecule has 0 spiro atoms. The summed E-state index contributed by atoms with van der Waals surface area (Å²) >= 11 is 0. The molecule has 1 atom stereocenters. The van der Waals surface area contributed by atoms with Crippen LogP contribution in [0.5, 0.6) is 0 Å². The largest absolute Gasteiger partial charge is 0.316 e. The molecule has 17 heavy (non-hydrogen) atoms.